The molecule has 0 spiro atoms. The minimum atomic E-state index is 0.0598. The summed E-state index contributed by atoms with van der Waals surface area (Å²) in [6.07, 6.45) is 12.8. The Kier molecular flexibility index (Phi) is 7.13. The highest BCUT2D eigenvalue weighted by Crippen LogP contribution is 2.26. The molecule has 1 saturated heterocycles. The lowest BCUT2D eigenvalue weighted by Gasteiger charge is -2.25. The molecule has 10 nitrogen and oxygen atoms in total. The lowest BCUT2D eigenvalue weighted by molar-refractivity contribution is -0.124. The number of aromatic nitrogens is 5. The van der Waals surface area contributed by atoms with Gasteiger partial charge in [0, 0.05) is 49.4 Å². The molecule has 0 aromatic carbocycles. The Morgan fingerprint density at radius 2 is 2.15 bits per heavy atom. The van der Waals surface area contributed by atoms with Crippen LogP contribution < -0.4 is 11.1 Å². The molecule has 0 aliphatic carbocycles. The molecule has 4 heterocycles. The maximum absolute atomic E-state index is 11.5. The molecule has 10 heteroatoms. The van der Waals surface area contributed by atoms with Crippen molar-refractivity contribution in [1.29, 1.82) is 0 Å². The van der Waals surface area contributed by atoms with Gasteiger partial charge in [0.15, 0.2) is 0 Å². The van der Waals surface area contributed by atoms with Gasteiger partial charge in [0.1, 0.15) is 0 Å². The maximum atomic E-state index is 11.5. The molecule has 0 saturated carbocycles. The number of carbonyl (C=O) groups excluding carboxylic acids is 1. The van der Waals surface area contributed by atoms with Crippen LogP contribution in [0.1, 0.15) is 38.4 Å². The molecular weight excluding hydrogens is 418 g/mol. The van der Waals surface area contributed by atoms with Crippen LogP contribution in [-0.4, -0.2) is 74.1 Å². The predicted octanol–water partition coefficient (Wildman–Crippen LogP) is 1.76. The number of nitrogens with zero attached hydrogens (tertiary/aromatic N) is 7. The highest BCUT2D eigenvalue weighted by atomic mass is 16.2. The third-order valence-corrected chi connectivity index (χ3v) is 5.95. The number of carbonyl (C=O) groups is 1. The van der Waals surface area contributed by atoms with Gasteiger partial charge in [0.2, 0.25) is 5.91 Å². The van der Waals surface area contributed by atoms with Gasteiger partial charge in [-0.2, -0.15) is 10.2 Å². The van der Waals surface area contributed by atoms with E-state index in [1.807, 2.05) is 29.3 Å². The van der Waals surface area contributed by atoms with E-state index in [0.29, 0.717) is 43.5 Å². The monoisotopic (exact) mass is 449 g/mol. The third kappa shape index (κ3) is 5.11. The molecule has 3 aromatic heterocycles. The van der Waals surface area contributed by atoms with Crippen molar-refractivity contribution in [2.24, 2.45) is 10.7 Å². The predicted molar refractivity (Wildman–Crippen MR) is 129 cm³/mol. The Morgan fingerprint density at radius 1 is 1.30 bits per heavy atom. The summed E-state index contributed by atoms with van der Waals surface area (Å²) in [6.45, 7) is 7.56. The molecule has 4 rings (SSSR count). The van der Waals surface area contributed by atoms with Gasteiger partial charge in [-0.05, 0) is 18.9 Å². The second-order valence-electron chi connectivity index (χ2n) is 8.10. The maximum Gasteiger partial charge on any atom is 0.234 e. The molecule has 0 atom stereocenters. The van der Waals surface area contributed by atoms with Crippen LogP contribution >= 0.6 is 0 Å². The van der Waals surface area contributed by atoms with Gasteiger partial charge in [-0.1, -0.05) is 13.8 Å². The van der Waals surface area contributed by atoms with Crippen molar-refractivity contribution in [3.63, 3.8) is 0 Å². The number of rotatable bonds is 9. The van der Waals surface area contributed by atoms with Crippen LogP contribution in [0.25, 0.3) is 22.3 Å². The van der Waals surface area contributed by atoms with Crippen molar-refractivity contribution in [3.05, 3.63) is 42.7 Å². The van der Waals surface area contributed by atoms with Crippen LogP contribution in [0.5, 0.6) is 0 Å². The molecule has 0 bridgehead atoms. The van der Waals surface area contributed by atoms with Crippen molar-refractivity contribution in [2.45, 2.75) is 32.7 Å². The van der Waals surface area contributed by atoms with Crippen LogP contribution in [0, 0.1) is 0 Å². The summed E-state index contributed by atoms with van der Waals surface area (Å²) in [4.78, 5) is 23.0. The van der Waals surface area contributed by atoms with Crippen molar-refractivity contribution in [3.8, 4) is 11.3 Å². The normalized spacial score (nSPS) is 15.7. The van der Waals surface area contributed by atoms with Crippen molar-refractivity contribution in [2.75, 3.05) is 32.7 Å². The highest BCUT2D eigenvalue weighted by Gasteiger charge is 2.16. The average Bonchev–Trinajstić information content (AvgIpc) is 3.49. The average molecular weight is 450 g/mol. The topological polar surface area (TPSA) is 119 Å². The number of piperazine rings is 1. The van der Waals surface area contributed by atoms with E-state index in [1.165, 1.54) is 6.20 Å². The van der Waals surface area contributed by atoms with Crippen molar-refractivity contribution in [1.82, 2.24) is 34.6 Å². The highest BCUT2D eigenvalue weighted by molar-refractivity contribution is 6.09. The van der Waals surface area contributed by atoms with Crippen LogP contribution in [0.15, 0.2) is 42.0 Å². The number of fused-ring (bicyclic) bond motifs is 1. The molecule has 1 aliphatic rings. The smallest absolute Gasteiger partial charge is 0.234 e. The molecule has 3 aromatic rings. The van der Waals surface area contributed by atoms with Crippen LogP contribution in [0.2, 0.25) is 0 Å². The first-order valence-electron chi connectivity index (χ1n) is 11.4. The minimum Gasteiger partial charge on any atom is -0.404 e. The van der Waals surface area contributed by atoms with E-state index in [-0.39, 0.29) is 5.91 Å². The van der Waals surface area contributed by atoms with Gasteiger partial charge >= 0.3 is 0 Å². The second-order valence-corrected chi connectivity index (χ2v) is 8.10. The molecular formula is C23H31N9O. The van der Waals surface area contributed by atoms with E-state index in [4.69, 9.17) is 10.7 Å². The summed E-state index contributed by atoms with van der Waals surface area (Å²) < 4.78 is 3.81. The largest absolute Gasteiger partial charge is 0.404 e. The fourth-order valence-corrected chi connectivity index (χ4v) is 4.04. The standard InChI is InChI=1S/C23H31N9O/c1-3-19(4-2)31-14-18(13-28-31)23-21-5-6-27-32(21)15-20(29-23)17(11-24)12-25-7-9-30-10-8-26-22(33)16-30/h5-6,11-15,19H,3-4,7-10,16,24H2,1-2H3,(H,26,33). The van der Waals surface area contributed by atoms with Gasteiger partial charge in [-0.15, -0.1) is 0 Å². The number of nitrogens with one attached hydrogen (secondary N) is 1. The zero-order valence-corrected chi connectivity index (χ0v) is 19.2. The number of amides is 1. The van der Waals surface area contributed by atoms with Gasteiger partial charge in [-0.3, -0.25) is 19.4 Å². The second kappa shape index (κ2) is 10.4. The molecule has 3 N–H and O–H groups in total. The Hall–Kier alpha value is -3.53. The quantitative estimate of drug-likeness (QED) is 0.481. The molecule has 1 aliphatic heterocycles. The SMILES string of the molecule is CCC(CC)n1cc(-c2nc(C(C=NCCN3CCNC(=O)C3)=CN)cn3nccc23)cn1. The van der Waals surface area contributed by atoms with Crippen LogP contribution in [0.3, 0.4) is 0 Å². The zero-order chi connectivity index (χ0) is 23.2. The van der Waals surface area contributed by atoms with E-state index in [9.17, 15) is 4.79 Å². The van der Waals surface area contributed by atoms with Gasteiger partial charge in [0.05, 0.1) is 54.6 Å². The number of hydrogen-bond donors (Lipinski definition) is 2. The Balaban J connectivity index is 1.55. The fourth-order valence-electron chi connectivity index (χ4n) is 4.04. The first kappa shape index (κ1) is 22.7. The number of hydrogen-bond acceptors (Lipinski definition) is 7. The molecule has 0 radical (unpaired) electrons. The Labute approximate surface area is 193 Å². The lowest BCUT2D eigenvalue weighted by Crippen LogP contribution is -2.48. The van der Waals surface area contributed by atoms with E-state index < -0.39 is 0 Å². The minimum absolute atomic E-state index is 0.0598. The molecule has 1 amide bonds. The van der Waals surface area contributed by atoms with Crippen molar-refractivity contribution < 1.29 is 4.79 Å². The van der Waals surface area contributed by atoms with Crippen LogP contribution in [0.4, 0.5) is 0 Å². The number of allylic oxidation sites excluding steroid dienone is 1. The molecule has 174 valence electrons. The van der Waals surface area contributed by atoms with E-state index in [0.717, 1.165) is 36.2 Å². The molecule has 0 unspecified atom stereocenters. The fraction of sp³-hybridized carbons (Fsp3) is 0.435. The van der Waals surface area contributed by atoms with Gasteiger partial charge in [0.25, 0.3) is 0 Å². The summed E-state index contributed by atoms with van der Waals surface area (Å²) in [5.74, 6) is 0.0598. The molecule has 1 fully saturated rings. The Morgan fingerprint density at radius 3 is 2.91 bits per heavy atom. The Bertz CT molecular complexity index is 1160. The summed E-state index contributed by atoms with van der Waals surface area (Å²) in [5.41, 5.74) is 9.96. The van der Waals surface area contributed by atoms with E-state index >= 15 is 0 Å². The first-order chi connectivity index (χ1) is 16.1. The summed E-state index contributed by atoms with van der Waals surface area (Å²) in [5, 5.41) is 11.8. The first-order valence-corrected chi connectivity index (χ1v) is 11.4. The summed E-state index contributed by atoms with van der Waals surface area (Å²) >= 11 is 0. The third-order valence-electron chi connectivity index (χ3n) is 5.95. The summed E-state index contributed by atoms with van der Waals surface area (Å²) in [7, 11) is 0. The van der Waals surface area contributed by atoms with Gasteiger partial charge in [-0.25, -0.2) is 9.50 Å². The zero-order valence-electron chi connectivity index (χ0n) is 19.2. The lowest BCUT2D eigenvalue weighted by atomic mass is 10.1. The van der Waals surface area contributed by atoms with E-state index in [1.54, 1.807) is 16.9 Å². The van der Waals surface area contributed by atoms with Gasteiger partial charge < -0.3 is 11.1 Å². The number of aliphatic imine (C=N–C) groups is 1. The van der Waals surface area contributed by atoms with Crippen LogP contribution in [-0.2, 0) is 4.79 Å². The van der Waals surface area contributed by atoms with Crippen molar-refractivity contribution >= 4 is 23.2 Å². The van der Waals surface area contributed by atoms with E-state index in [2.05, 4.69) is 39.3 Å². The molecule has 33 heavy (non-hydrogen) atoms. The number of nitrogens with two attached hydrogens (primary N) is 1. The summed E-state index contributed by atoms with van der Waals surface area (Å²) in [6, 6.07) is 2.30.